The fraction of sp³-hybridized carbons (Fsp3) is 0.273. The number of ether oxygens (including phenoxy) is 1. The Labute approximate surface area is 175 Å². The molecule has 0 radical (unpaired) electrons. The number of carbonyl (C=O) groups is 1. The zero-order valence-corrected chi connectivity index (χ0v) is 17.3. The van der Waals surface area contributed by atoms with E-state index in [1.165, 1.54) is 0 Å². The third kappa shape index (κ3) is 5.37. The molecule has 4 nitrogen and oxygen atoms in total. The number of rotatable bonds is 7. The van der Waals surface area contributed by atoms with Crippen molar-refractivity contribution < 1.29 is 9.53 Å². The number of halogens is 2. The molecule has 1 aliphatic rings. The number of allylic oxidation sites excluding steroid dienone is 1. The average molecular weight is 417 g/mol. The fourth-order valence-electron chi connectivity index (χ4n) is 3.04. The van der Waals surface area contributed by atoms with Gasteiger partial charge in [0.1, 0.15) is 5.71 Å². The number of nitrogens with zero attached hydrogens (tertiary/aromatic N) is 2. The summed E-state index contributed by atoms with van der Waals surface area (Å²) in [6.45, 7) is 5.30. The molecule has 6 heteroatoms. The van der Waals surface area contributed by atoms with Gasteiger partial charge in [0.15, 0.2) is 5.76 Å². The van der Waals surface area contributed by atoms with Gasteiger partial charge in [-0.05, 0) is 37.6 Å². The van der Waals surface area contributed by atoms with Crippen LogP contribution in [-0.2, 0) is 4.74 Å². The first-order valence-electron chi connectivity index (χ1n) is 9.13. The molecule has 0 saturated carbocycles. The second-order valence-corrected chi connectivity index (χ2v) is 8.25. The van der Waals surface area contributed by atoms with Gasteiger partial charge in [0.25, 0.3) is 0 Å². The first-order valence-corrected chi connectivity index (χ1v) is 10.0. The zero-order valence-electron chi connectivity index (χ0n) is 15.8. The van der Waals surface area contributed by atoms with Gasteiger partial charge in [0.05, 0.1) is 0 Å². The van der Waals surface area contributed by atoms with E-state index < -0.39 is 6.09 Å². The molecule has 0 spiro atoms. The molecule has 0 saturated heterocycles. The van der Waals surface area contributed by atoms with Crippen molar-refractivity contribution in [3.63, 3.8) is 0 Å². The number of hydrogen-bond donors (Lipinski definition) is 0. The summed E-state index contributed by atoms with van der Waals surface area (Å²) in [6.07, 6.45) is 1.21. The van der Waals surface area contributed by atoms with Crippen molar-refractivity contribution in [1.29, 1.82) is 0 Å². The Morgan fingerprint density at radius 2 is 1.61 bits per heavy atom. The van der Waals surface area contributed by atoms with Gasteiger partial charge in [0.2, 0.25) is 0 Å². The predicted molar refractivity (Wildman–Crippen MR) is 117 cm³/mol. The van der Waals surface area contributed by atoms with Crippen LogP contribution in [0.1, 0.15) is 25.0 Å². The van der Waals surface area contributed by atoms with Gasteiger partial charge in [-0.15, -0.1) is 23.2 Å². The van der Waals surface area contributed by atoms with Crippen molar-refractivity contribution in [2.24, 2.45) is 4.99 Å². The minimum atomic E-state index is -0.602. The minimum absolute atomic E-state index is 0.000676. The summed E-state index contributed by atoms with van der Waals surface area (Å²) in [5.41, 5.74) is 3.30. The zero-order chi connectivity index (χ0) is 20.1. The SMILES string of the molecule is CC(Cl)CN(CC(C)Cl)c1ccc(C2=NC(=O)OC2=Cc2ccccc2)cc1. The van der Waals surface area contributed by atoms with Crippen molar-refractivity contribution in [1.82, 2.24) is 0 Å². The van der Waals surface area contributed by atoms with E-state index in [1.54, 1.807) is 0 Å². The summed E-state index contributed by atoms with van der Waals surface area (Å²) in [5.74, 6) is 0.449. The number of alkyl halides is 2. The van der Waals surface area contributed by atoms with E-state index in [4.69, 9.17) is 27.9 Å². The lowest BCUT2D eigenvalue weighted by molar-refractivity contribution is 0.198. The molecule has 28 heavy (non-hydrogen) atoms. The van der Waals surface area contributed by atoms with Gasteiger partial charge in [-0.1, -0.05) is 42.5 Å². The van der Waals surface area contributed by atoms with Gasteiger partial charge >= 0.3 is 6.09 Å². The van der Waals surface area contributed by atoms with Crippen molar-refractivity contribution in [3.05, 3.63) is 71.5 Å². The Morgan fingerprint density at radius 1 is 1.00 bits per heavy atom. The number of carbonyl (C=O) groups excluding carboxylic acids is 1. The highest BCUT2D eigenvalue weighted by Gasteiger charge is 2.24. The van der Waals surface area contributed by atoms with E-state index in [-0.39, 0.29) is 10.8 Å². The Kier molecular flexibility index (Phi) is 6.76. The van der Waals surface area contributed by atoms with Gasteiger partial charge in [-0.25, -0.2) is 4.79 Å². The maximum atomic E-state index is 11.8. The maximum absolute atomic E-state index is 11.8. The monoisotopic (exact) mass is 416 g/mol. The lowest BCUT2D eigenvalue weighted by Gasteiger charge is -2.27. The van der Waals surface area contributed by atoms with Gasteiger partial charge in [-0.2, -0.15) is 4.99 Å². The topological polar surface area (TPSA) is 41.9 Å². The van der Waals surface area contributed by atoms with Gasteiger partial charge < -0.3 is 9.64 Å². The molecular weight excluding hydrogens is 395 g/mol. The van der Waals surface area contributed by atoms with E-state index >= 15 is 0 Å². The molecule has 0 fully saturated rings. The highest BCUT2D eigenvalue weighted by Crippen LogP contribution is 2.24. The summed E-state index contributed by atoms with van der Waals surface area (Å²) < 4.78 is 5.29. The molecule has 146 valence electrons. The van der Waals surface area contributed by atoms with Crippen LogP contribution < -0.4 is 4.90 Å². The summed E-state index contributed by atoms with van der Waals surface area (Å²) in [5, 5.41) is 0.00135. The van der Waals surface area contributed by atoms with E-state index in [0.29, 0.717) is 24.6 Å². The summed E-state index contributed by atoms with van der Waals surface area (Å²) in [4.78, 5) is 17.9. The molecule has 1 aliphatic heterocycles. The molecule has 0 bridgehead atoms. The Balaban J connectivity index is 1.86. The summed E-state index contributed by atoms with van der Waals surface area (Å²) in [6, 6.07) is 17.5. The smallest absolute Gasteiger partial charge is 0.406 e. The lowest BCUT2D eigenvalue weighted by atomic mass is 10.1. The van der Waals surface area contributed by atoms with Gasteiger partial charge in [-0.3, -0.25) is 0 Å². The third-order valence-corrected chi connectivity index (χ3v) is 4.46. The number of hydrogen-bond acceptors (Lipinski definition) is 3. The molecule has 0 aromatic heterocycles. The normalized spacial score (nSPS) is 17.2. The molecule has 2 unspecified atom stereocenters. The number of cyclic esters (lactones) is 1. The van der Waals surface area contributed by atoms with Gasteiger partial charge in [0, 0.05) is 35.1 Å². The van der Waals surface area contributed by atoms with Crippen LogP contribution in [0.4, 0.5) is 10.5 Å². The van der Waals surface area contributed by atoms with Crippen LogP contribution in [0.5, 0.6) is 0 Å². The van der Waals surface area contributed by atoms with E-state index in [1.807, 2.05) is 74.5 Å². The molecular formula is C22H22Cl2N2O2. The van der Waals surface area contributed by atoms with Crippen LogP contribution in [-0.4, -0.2) is 35.6 Å². The number of aliphatic imine (C=N–C) groups is 1. The number of benzene rings is 2. The fourth-order valence-corrected chi connectivity index (χ4v) is 3.37. The summed E-state index contributed by atoms with van der Waals surface area (Å²) in [7, 11) is 0. The molecule has 3 rings (SSSR count). The number of anilines is 1. The van der Waals surface area contributed by atoms with Crippen molar-refractivity contribution >= 4 is 46.8 Å². The maximum Gasteiger partial charge on any atom is 0.439 e. The largest absolute Gasteiger partial charge is 0.439 e. The van der Waals surface area contributed by atoms with Crippen LogP contribution in [0, 0.1) is 0 Å². The standard InChI is InChI=1S/C22H22Cl2N2O2/c1-15(23)13-26(14-16(2)24)19-10-8-18(9-11-19)21-20(28-22(27)25-21)12-17-6-4-3-5-7-17/h3-12,15-16H,13-14H2,1-2H3. The lowest BCUT2D eigenvalue weighted by Crippen LogP contribution is -2.33. The molecule has 1 heterocycles. The van der Waals surface area contributed by atoms with E-state index in [0.717, 1.165) is 16.8 Å². The van der Waals surface area contributed by atoms with Crippen LogP contribution in [0.25, 0.3) is 6.08 Å². The third-order valence-electron chi connectivity index (χ3n) is 4.18. The minimum Gasteiger partial charge on any atom is -0.406 e. The second-order valence-electron chi connectivity index (χ2n) is 6.76. The molecule has 2 aromatic rings. The molecule has 2 aromatic carbocycles. The molecule has 1 amide bonds. The first kappa shape index (κ1) is 20.4. The van der Waals surface area contributed by atoms with Crippen LogP contribution in [0.3, 0.4) is 0 Å². The average Bonchev–Trinajstić information content (AvgIpc) is 3.01. The van der Waals surface area contributed by atoms with Crippen LogP contribution in [0.2, 0.25) is 0 Å². The Hall–Kier alpha value is -2.30. The molecule has 2 atom stereocenters. The van der Waals surface area contributed by atoms with E-state index in [9.17, 15) is 4.79 Å². The first-order chi connectivity index (χ1) is 13.4. The highest BCUT2D eigenvalue weighted by atomic mass is 35.5. The van der Waals surface area contributed by atoms with Crippen molar-refractivity contribution in [2.75, 3.05) is 18.0 Å². The van der Waals surface area contributed by atoms with E-state index in [2.05, 4.69) is 9.89 Å². The van der Waals surface area contributed by atoms with Crippen LogP contribution in [0.15, 0.2) is 65.3 Å². The van der Waals surface area contributed by atoms with Crippen LogP contribution >= 0.6 is 23.2 Å². The second kappa shape index (κ2) is 9.26. The molecule has 0 N–H and O–H groups in total. The number of amides is 1. The Bertz CT molecular complexity index is 865. The predicted octanol–water partition coefficient (Wildman–Crippen LogP) is 5.73. The molecule has 0 aliphatic carbocycles. The highest BCUT2D eigenvalue weighted by molar-refractivity contribution is 6.21. The summed E-state index contributed by atoms with van der Waals surface area (Å²) >= 11 is 12.4. The Morgan fingerprint density at radius 3 is 2.18 bits per heavy atom. The van der Waals surface area contributed by atoms with Crippen molar-refractivity contribution in [2.45, 2.75) is 24.6 Å². The quantitative estimate of drug-likeness (QED) is 0.541. The van der Waals surface area contributed by atoms with Crippen molar-refractivity contribution in [3.8, 4) is 0 Å².